The maximum atomic E-state index is 13.8. The number of anilines is 2. The fraction of sp³-hybridized carbons (Fsp3) is 0.192. The highest BCUT2D eigenvalue weighted by Crippen LogP contribution is 2.53. The van der Waals surface area contributed by atoms with E-state index in [4.69, 9.17) is 11.6 Å². The summed E-state index contributed by atoms with van der Waals surface area (Å²) >= 11 is 6.02. The molecule has 2 fully saturated rings. The van der Waals surface area contributed by atoms with Gasteiger partial charge in [0.05, 0.1) is 17.5 Å². The van der Waals surface area contributed by atoms with Gasteiger partial charge in [-0.3, -0.25) is 19.7 Å². The number of hydrogen-bond acceptors (Lipinski definition) is 4. The van der Waals surface area contributed by atoms with E-state index in [0.717, 1.165) is 5.56 Å². The minimum Gasteiger partial charge on any atom is -0.324 e. The number of benzene rings is 3. The highest BCUT2D eigenvalue weighted by Gasteiger charge is 2.70. The minimum absolute atomic E-state index is 0.296. The van der Waals surface area contributed by atoms with Gasteiger partial charge in [0.25, 0.3) is 0 Å². The second-order valence-corrected chi connectivity index (χ2v) is 9.18. The van der Waals surface area contributed by atoms with Crippen LogP contribution >= 0.6 is 11.6 Å². The Morgan fingerprint density at radius 2 is 1.55 bits per heavy atom. The largest absolute Gasteiger partial charge is 0.324 e. The summed E-state index contributed by atoms with van der Waals surface area (Å²) < 4.78 is 0. The van der Waals surface area contributed by atoms with Crippen molar-refractivity contribution in [1.29, 1.82) is 0 Å². The molecule has 4 atom stereocenters. The van der Waals surface area contributed by atoms with Gasteiger partial charge in [-0.1, -0.05) is 60.1 Å². The summed E-state index contributed by atoms with van der Waals surface area (Å²) in [4.78, 5) is 42.3. The lowest BCUT2D eigenvalue weighted by Crippen LogP contribution is -2.53. The molecule has 0 aliphatic carbocycles. The average molecular weight is 458 g/mol. The molecule has 3 amide bonds. The van der Waals surface area contributed by atoms with Crippen LogP contribution < -0.4 is 15.5 Å². The van der Waals surface area contributed by atoms with Crippen molar-refractivity contribution in [2.24, 2.45) is 11.8 Å². The van der Waals surface area contributed by atoms with Gasteiger partial charge >= 0.3 is 0 Å². The van der Waals surface area contributed by atoms with Gasteiger partial charge in [0, 0.05) is 22.3 Å². The first-order valence-electron chi connectivity index (χ1n) is 10.9. The molecule has 3 heterocycles. The molecule has 3 aromatic carbocycles. The van der Waals surface area contributed by atoms with Crippen LogP contribution in [-0.2, 0) is 26.3 Å². The molecule has 3 aliphatic heterocycles. The van der Waals surface area contributed by atoms with Gasteiger partial charge in [-0.05, 0) is 42.3 Å². The number of para-hydroxylation sites is 1. The number of carbonyl (C=O) groups is 3. The van der Waals surface area contributed by atoms with E-state index in [9.17, 15) is 14.4 Å². The molecule has 0 aromatic heterocycles. The van der Waals surface area contributed by atoms with E-state index in [0.29, 0.717) is 28.4 Å². The summed E-state index contributed by atoms with van der Waals surface area (Å²) in [5.41, 5.74) is 1.57. The van der Waals surface area contributed by atoms with Gasteiger partial charge in [0.1, 0.15) is 5.54 Å². The van der Waals surface area contributed by atoms with E-state index in [1.54, 1.807) is 24.3 Å². The Kier molecular flexibility index (Phi) is 4.44. The summed E-state index contributed by atoms with van der Waals surface area (Å²) in [6.07, 6.45) is 0.521. The number of nitrogens with zero attached hydrogens (tertiary/aromatic N) is 1. The maximum absolute atomic E-state index is 13.8. The van der Waals surface area contributed by atoms with Crippen LogP contribution in [0.1, 0.15) is 11.1 Å². The molecule has 3 aromatic rings. The summed E-state index contributed by atoms with van der Waals surface area (Å²) in [7, 11) is 0. The van der Waals surface area contributed by atoms with Gasteiger partial charge < -0.3 is 5.32 Å². The number of imide groups is 1. The zero-order valence-electron chi connectivity index (χ0n) is 17.5. The standard InChI is InChI=1S/C26H20ClN3O3/c27-16-10-12-17(13-11-16)30-23(31)21-20(14-15-6-2-1-3-7-15)29-26(22(21)24(30)32)18-8-4-5-9-19(18)28-25(26)33/h1-13,20-22,29H,14H2,(H,28,33)/t20-,21+,22-,26-/m0/s1. The third-order valence-electron chi connectivity index (χ3n) is 7.01. The van der Waals surface area contributed by atoms with Crippen molar-refractivity contribution in [3.8, 4) is 0 Å². The average Bonchev–Trinajstić information content (AvgIpc) is 3.40. The minimum atomic E-state index is -1.30. The predicted octanol–water partition coefficient (Wildman–Crippen LogP) is 3.51. The predicted molar refractivity (Wildman–Crippen MR) is 125 cm³/mol. The molecular weight excluding hydrogens is 438 g/mol. The first-order chi connectivity index (χ1) is 16.0. The quantitative estimate of drug-likeness (QED) is 0.590. The molecule has 1 spiro atoms. The van der Waals surface area contributed by atoms with Crippen LogP contribution in [0.15, 0.2) is 78.9 Å². The topological polar surface area (TPSA) is 78.5 Å². The number of nitrogens with one attached hydrogen (secondary N) is 2. The number of carbonyl (C=O) groups excluding carboxylic acids is 3. The Labute approximate surface area is 195 Å². The molecule has 3 aliphatic rings. The summed E-state index contributed by atoms with van der Waals surface area (Å²) in [5.74, 6) is -2.49. The van der Waals surface area contributed by atoms with Gasteiger partial charge in [-0.25, -0.2) is 4.90 Å². The Morgan fingerprint density at radius 3 is 2.30 bits per heavy atom. The lowest BCUT2D eigenvalue weighted by atomic mass is 9.76. The lowest BCUT2D eigenvalue weighted by molar-refractivity contribution is -0.130. The molecular formula is C26H20ClN3O3. The molecule has 2 N–H and O–H groups in total. The molecule has 7 heteroatoms. The third kappa shape index (κ3) is 2.81. The third-order valence-corrected chi connectivity index (χ3v) is 7.26. The summed E-state index contributed by atoms with van der Waals surface area (Å²) in [6.45, 7) is 0. The molecule has 0 radical (unpaired) electrons. The van der Waals surface area contributed by atoms with Gasteiger partial charge in [0.15, 0.2) is 0 Å². The van der Waals surface area contributed by atoms with Gasteiger partial charge in [0.2, 0.25) is 17.7 Å². The van der Waals surface area contributed by atoms with Gasteiger partial charge in [-0.15, -0.1) is 0 Å². The number of hydrogen-bond donors (Lipinski definition) is 2. The van der Waals surface area contributed by atoms with Crippen molar-refractivity contribution in [3.05, 3.63) is 95.0 Å². The highest BCUT2D eigenvalue weighted by atomic mass is 35.5. The van der Waals surface area contributed by atoms with Crippen molar-refractivity contribution >= 4 is 40.7 Å². The fourth-order valence-corrected chi connectivity index (χ4v) is 5.77. The second-order valence-electron chi connectivity index (χ2n) is 8.74. The van der Waals surface area contributed by atoms with Crippen LogP contribution in [0.3, 0.4) is 0 Å². The van der Waals surface area contributed by atoms with E-state index in [2.05, 4.69) is 10.6 Å². The molecule has 6 nitrogen and oxygen atoms in total. The van der Waals surface area contributed by atoms with Crippen LogP contribution in [0.25, 0.3) is 0 Å². The van der Waals surface area contributed by atoms with Crippen LogP contribution in [0.4, 0.5) is 11.4 Å². The van der Waals surface area contributed by atoms with Crippen molar-refractivity contribution in [3.63, 3.8) is 0 Å². The molecule has 2 saturated heterocycles. The molecule has 0 bridgehead atoms. The second kappa shape index (κ2) is 7.27. The number of halogens is 1. The first kappa shape index (κ1) is 20.1. The molecule has 0 saturated carbocycles. The Bertz CT molecular complexity index is 1290. The fourth-order valence-electron chi connectivity index (χ4n) is 5.65. The molecule has 33 heavy (non-hydrogen) atoms. The zero-order chi connectivity index (χ0) is 22.7. The van der Waals surface area contributed by atoms with E-state index in [1.807, 2.05) is 54.6 Å². The molecule has 0 unspecified atom stereocenters. The Morgan fingerprint density at radius 1 is 0.848 bits per heavy atom. The van der Waals surface area contributed by atoms with Crippen LogP contribution in [0.5, 0.6) is 0 Å². The number of amides is 3. The van der Waals surface area contributed by atoms with Crippen LogP contribution in [0, 0.1) is 11.8 Å². The number of fused-ring (bicyclic) bond motifs is 4. The monoisotopic (exact) mass is 457 g/mol. The Balaban J connectivity index is 1.49. The van der Waals surface area contributed by atoms with E-state index in [-0.39, 0.29) is 23.8 Å². The summed E-state index contributed by atoms with van der Waals surface area (Å²) in [6, 6.07) is 23.4. The van der Waals surface area contributed by atoms with Crippen LogP contribution in [0.2, 0.25) is 5.02 Å². The van der Waals surface area contributed by atoms with Crippen LogP contribution in [-0.4, -0.2) is 23.8 Å². The van der Waals surface area contributed by atoms with Crippen molar-refractivity contribution in [1.82, 2.24) is 5.32 Å². The van der Waals surface area contributed by atoms with Gasteiger partial charge in [-0.2, -0.15) is 0 Å². The first-order valence-corrected chi connectivity index (χ1v) is 11.2. The number of rotatable bonds is 3. The Hall–Kier alpha value is -3.48. The SMILES string of the molecule is O=C1[C@@H]2[C@H](Cc3ccccc3)N[C@]3(C(=O)Nc4ccccc43)[C@@H]2C(=O)N1c1ccc(Cl)cc1. The summed E-state index contributed by atoms with van der Waals surface area (Å²) in [5, 5.41) is 6.90. The van der Waals surface area contributed by atoms with Crippen molar-refractivity contribution in [2.75, 3.05) is 10.2 Å². The smallest absolute Gasteiger partial charge is 0.250 e. The lowest BCUT2D eigenvalue weighted by Gasteiger charge is -2.29. The van der Waals surface area contributed by atoms with Crippen molar-refractivity contribution < 1.29 is 14.4 Å². The van der Waals surface area contributed by atoms with Crippen molar-refractivity contribution in [2.45, 2.75) is 18.0 Å². The highest BCUT2D eigenvalue weighted by molar-refractivity contribution is 6.31. The van der Waals surface area contributed by atoms with E-state index in [1.165, 1.54) is 4.90 Å². The maximum Gasteiger partial charge on any atom is 0.250 e. The van der Waals surface area contributed by atoms with E-state index < -0.39 is 17.4 Å². The molecule has 6 rings (SSSR count). The van der Waals surface area contributed by atoms with E-state index >= 15 is 0 Å². The normalized spacial score (nSPS) is 27.7. The molecule has 164 valence electrons. The zero-order valence-corrected chi connectivity index (χ0v) is 18.3.